The van der Waals surface area contributed by atoms with Crippen LogP contribution >= 0.6 is 11.6 Å². The summed E-state index contributed by atoms with van der Waals surface area (Å²) in [5.74, 6) is 1.61. The van der Waals surface area contributed by atoms with Crippen molar-refractivity contribution in [3.8, 4) is 5.75 Å². The molecule has 1 aromatic rings. The molecule has 0 aliphatic heterocycles. The first-order chi connectivity index (χ1) is 8.44. The number of hydrogen-bond donors (Lipinski definition) is 1. The van der Waals surface area contributed by atoms with Gasteiger partial charge in [0, 0.05) is 24.4 Å². The Balaban J connectivity index is 2.98. The number of alkyl halides is 1. The van der Waals surface area contributed by atoms with Gasteiger partial charge >= 0.3 is 0 Å². The number of benzene rings is 1. The number of nitrogens with one attached hydrogen (secondary N) is 1. The van der Waals surface area contributed by atoms with Crippen LogP contribution in [0.4, 0.5) is 0 Å². The fraction of sp³-hybridized carbons (Fsp3) is 0.600. The van der Waals surface area contributed by atoms with E-state index in [1.165, 1.54) is 16.7 Å². The molecule has 0 heterocycles. The largest absolute Gasteiger partial charge is 0.496 e. The molecule has 1 N–H and O–H groups in total. The second kappa shape index (κ2) is 6.44. The molecule has 1 rings (SSSR count). The summed E-state index contributed by atoms with van der Waals surface area (Å²) < 4.78 is 5.36. The fourth-order valence-electron chi connectivity index (χ4n) is 2.31. The molecule has 0 radical (unpaired) electrons. The van der Waals surface area contributed by atoms with E-state index in [0.29, 0.717) is 5.88 Å². The van der Waals surface area contributed by atoms with Crippen LogP contribution in [0, 0.1) is 13.8 Å². The molecule has 2 nitrogen and oxygen atoms in total. The van der Waals surface area contributed by atoms with Gasteiger partial charge in [0.25, 0.3) is 0 Å². The van der Waals surface area contributed by atoms with Crippen LogP contribution in [-0.4, -0.2) is 26.1 Å². The van der Waals surface area contributed by atoms with Gasteiger partial charge in [-0.05, 0) is 36.6 Å². The van der Waals surface area contributed by atoms with Gasteiger partial charge in [0.1, 0.15) is 5.75 Å². The predicted octanol–water partition coefficient (Wildman–Crippen LogP) is 3.42. The molecule has 0 spiro atoms. The van der Waals surface area contributed by atoms with Crippen LogP contribution in [0.2, 0.25) is 0 Å². The van der Waals surface area contributed by atoms with Gasteiger partial charge in [-0.3, -0.25) is 0 Å². The van der Waals surface area contributed by atoms with Crippen LogP contribution in [0.5, 0.6) is 5.75 Å². The lowest BCUT2D eigenvalue weighted by Crippen LogP contribution is -2.34. The molecule has 1 aromatic carbocycles. The van der Waals surface area contributed by atoms with Crippen LogP contribution in [-0.2, 0) is 5.41 Å². The van der Waals surface area contributed by atoms with Gasteiger partial charge in [-0.15, -0.1) is 11.6 Å². The van der Waals surface area contributed by atoms with Crippen LogP contribution in [0.15, 0.2) is 12.1 Å². The van der Waals surface area contributed by atoms with Crippen molar-refractivity contribution in [2.24, 2.45) is 0 Å². The predicted molar refractivity (Wildman–Crippen MR) is 79.1 cm³/mol. The lowest BCUT2D eigenvalue weighted by atomic mass is 9.80. The van der Waals surface area contributed by atoms with E-state index in [4.69, 9.17) is 16.3 Å². The number of methoxy groups -OCH3 is 1. The maximum atomic E-state index is 5.69. The first kappa shape index (κ1) is 15.3. The molecule has 0 unspecified atom stereocenters. The van der Waals surface area contributed by atoms with Crippen molar-refractivity contribution in [3.63, 3.8) is 0 Å². The van der Waals surface area contributed by atoms with Gasteiger partial charge < -0.3 is 10.1 Å². The highest BCUT2D eigenvalue weighted by molar-refractivity contribution is 6.18. The monoisotopic (exact) mass is 269 g/mol. The zero-order valence-corrected chi connectivity index (χ0v) is 12.8. The van der Waals surface area contributed by atoms with E-state index in [1.807, 2.05) is 0 Å². The van der Waals surface area contributed by atoms with Crippen molar-refractivity contribution in [1.29, 1.82) is 0 Å². The second-order valence-electron chi connectivity index (χ2n) is 5.32. The Morgan fingerprint density at radius 1 is 1.22 bits per heavy atom. The van der Waals surface area contributed by atoms with Crippen molar-refractivity contribution in [2.45, 2.75) is 33.1 Å². The molecule has 0 aliphatic rings. The SMILES string of the molecule is COc1ccc(C(C)(C)CNCCCl)c(C)c1C. The third-order valence-corrected chi connectivity index (χ3v) is 3.71. The Kier molecular flexibility index (Phi) is 5.48. The molecule has 0 fully saturated rings. The molecule has 0 aliphatic carbocycles. The molecule has 102 valence electrons. The molecule has 0 bridgehead atoms. The molecule has 3 heteroatoms. The molecule has 0 saturated heterocycles. The summed E-state index contributed by atoms with van der Waals surface area (Å²) in [7, 11) is 1.72. The number of halogens is 1. The Morgan fingerprint density at radius 2 is 1.89 bits per heavy atom. The van der Waals surface area contributed by atoms with E-state index in [9.17, 15) is 0 Å². The smallest absolute Gasteiger partial charge is 0.122 e. The highest BCUT2D eigenvalue weighted by Gasteiger charge is 2.23. The highest BCUT2D eigenvalue weighted by atomic mass is 35.5. The van der Waals surface area contributed by atoms with Gasteiger partial charge in [0.15, 0.2) is 0 Å². The Labute approximate surface area is 116 Å². The molecular formula is C15H24ClNO. The summed E-state index contributed by atoms with van der Waals surface area (Å²) in [6.07, 6.45) is 0. The first-order valence-electron chi connectivity index (χ1n) is 6.35. The summed E-state index contributed by atoms with van der Waals surface area (Å²) in [6.45, 7) is 10.5. The van der Waals surface area contributed by atoms with Crippen molar-refractivity contribution in [1.82, 2.24) is 5.32 Å². The van der Waals surface area contributed by atoms with Crippen molar-refractivity contribution >= 4 is 11.6 Å². The van der Waals surface area contributed by atoms with E-state index in [2.05, 4.69) is 45.1 Å². The number of hydrogen-bond acceptors (Lipinski definition) is 2. The molecule has 0 aromatic heterocycles. The zero-order valence-electron chi connectivity index (χ0n) is 12.1. The quantitative estimate of drug-likeness (QED) is 0.631. The first-order valence-corrected chi connectivity index (χ1v) is 6.89. The third kappa shape index (κ3) is 3.39. The highest BCUT2D eigenvalue weighted by Crippen LogP contribution is 2.31. The van der Waals surface area contributed by atoms with Crippen LogP contribution in [0.3, 0.4) is 0 Å². The Morgan fingerprint density at radius 3 is 2.44 bits per heavy atom. The van der Waals surface area contributed by atoms with Crippen molar-refractivity contribution in [3.05, 3.63) is 28.8 Å². The average molecular weight is 270 g/mol. The van der Waals surface area contributed by atoms with E-state index in [0.717, 1.165) is 18.8 Å². The molecule has 18 heavy (non-hydrogen) atoms. The van der Waals surface area contributed by atoms with Crippen LogP contribution < -0.4 is 10.1 Å². The topological polar surface area (TPSA) is 21.3 Å². The molecule has 0 saturated carbocycles. The van der Waals surface area contributed by atoms with E-state index >= 15 is 0 Å². The van der Waals surface area contributed by atoms with Crippen LogP contribution in [0.25, 0.3) is 0 Å². The average Bonchev–Trinajstić information content (AvgIpc) is 2.32. The van der Waals surface area contributed by atoms with Crippen LogP contribution in [0.1, 0.15) is 30.5 Å². The van der Waals surface area contributed by atoms with Gasteiger partial charge in [-0.1, -0.05) is 19.9 Å². The Hall–Kier alpha value is -0.730. The minimum Gasteiger partial charge on any atom is -0.496 e. The van der Waals surface area contributed by atoms with Gasteiger partial charge in [0.2, 0.25) is 0 Å². The standard InChI is InChI=1S/C15H24ClNO/c1-11-12(2)14(18-5)7-6-13(11)15(3,4)10-17-9-8-16/h6-7,17H,8-10H2,1-5H3. The summed E-state index contributed by atoms with van der Waals surface area (Å²) in [4.78, 5) is 0. The normalized spacial score (nSPS) is 11.7. The minimum absolute atomic E-state index is 0.0905. The number of ether oxygens (including phenoxy) is 1. The number of rotatable bonds is 6. The summed E-state index contributed by atoms with van der Waals surface area (Å²) >= 11 is 5.69. The summed E-state index contributed by atoms with van der Waals surface area (Å²) in [5, 5.41) is 3.39. The lowest BCUT2D eigenvalue weighted by Gasteiger charge is -2.28. The molecular weight excluding hydrogens is 246 g/mol. The van der Waals surface area contributed by atoms with Crippen molar-refractivity contribution in [2.75, 3.05) is 26.1 Å². The molecule has 0 amide bonds. The van der Waals surface area contributed by atoms with E-state index < -0.39 is 0 Å². The van der Waals surface area contributed by atoms with E-state index in [-0.39, 0.29) is 5.41 Å². The maximum Gasteiger partial charge on any atom is 0.122 e. The maximum absolute atomic E-state index is 5.69. The van der Waals surface area contributed by atoms with Gasteiger partial charge in [-0.25, -0.2) is 0 Å². The third-order valence-electron chi connectivity index (χ3n) is 3.52. The van der Waals surface area contributed by atoms with E-state index in [1.54, 1.807) is 7.11 Å². The summed E-state index contributed by atoms with van der Waals surface area (Å²) in [5.41, 5.74) is 3.99. The van der Waals surface area contributed by atoms with Crippen molar-refractivity contribution < 1.29 is 4.74 Å². The lowest BCUT2D eigenvalue weighted by molar-refractivity contribution is 0.409. The molecule has 0 atom stereocenters. The minimum atomic E-state index is 0.0905. The van der Waals surface area contributed by atoms with Gasteiger partial charge in [0.05, 0.1) is 7.11 Å². The van der Waals surface area contributed by atoms with Gasteiger partial charge in [-0.2, -0.15) is 0 Å². The summed E-state index contributed by atoms with van der Waals surface area (Å²) in [6, 6.07) is 4.23. The zero-order chi connectivity index (χ0) is 13.8. The Bertz CT molecular complexity index is 402. The fourth-order valence-corrected chi connectivity index (χ4v) is 2.45. The second-order valence-corrected chi connectivity index (χ2v) is 5.69.